The first-order valence-corrected chi connectivity index (χ1v) is 9.31. The summed E-state index contributed by atoms with van der Waals surface area (Å²) in [5.74, 6) is -1.34. The van der Waals surface area contributed by atoms with Gasteiger partial charge >= 0.3 is 5.97 Å². The number of carbonyl (C=O) groups is 2. The Hall–Kier alpha value is -2.96. The molecule has 2 aromatic rings. The van der Waals surface area contributed by atoms with Crippen LogP contribution in [0.15, 0.2) is 36.4 Å². The molecule has 0 saturated carbocycles. The molecule has 5 nitrogen and oxygen atoms in total. The Bertz CT molecular complexity index is 924. The first kappa shape index (κ1) is 18.4. The lowest BCUT2D eigenvalue weighted by Crippen LogP contribution is -2.35. The summed E-state index contributed by atoms with van der Waals surface area (Å²) >= 11 is 0. The largest absolute Gasteiger partial charge is 0.426 e. The second-order valence-electron chi connectivity index (χ2n) is 7.25. The van der Waals surface area contributed by atoms with Gasteiger partial charge in [-0.3, -0.25) is 9.59 Å². The van der Waals surface area contributed by atoms with Crippen LogP contribution in [0.3, 0.4) is 0 Å². The lowest BCUT2D eigenvalue weighted by atomic mass is 9.93. The molecule has 0 bridgehead atoms. The highest BCUT2D eigenvalue weighted by Gasteiger charge is 2.24. The number of carbonyl (C=O) groups excluding carboxylic acids is 2. The summed E-state index contributed by atoms with van der Waals surface area (Å²) in [5, 5.41) is 2.86. The van der Waals surface area contributed by atoms with Crippen molar-refractivity contribution in [1.29, 1.82) is 0 Å². The Labute approximate surface area is 161 Å². The molecule has 2 aliphatic rings. The summed E-state index contributed by atoms with van der Waals surface area (Å²) in [4.78, 5) is 25.7. The standard InChI is InChI=1S/C21H20F2N2O3/c22-17-4-3-16(12-18(17)23)25-7-5-13(6-8-25)9-20(26)24-15-2-1-14-10-21(27)28-19(14)11-15/h1-4,11-13H,5-10H2,(H,24,26). The topological polar surface area (TPSA) is 58.6 Å². The van der Waals surface area contributed by atoms with Crippen molar-refractivity contribution in [3.8, 4) is 5.75 Å². The fourth-order valence-electron chi connectivity index (χ4n) is 3.74. The highest BCUT2D eigenvalue weighted by Crippen LogP contribution is 2.30. The second-order valence-corrected chi connectivity index (χ2v) is 7.25. The third-order valence-electron chi connectivity index (χ3n) is 5.27. The predicted octanol–water partition coefficient (Wildman–Crippen LogP) is 3.67. The predicted molar refractivity (Wildman–Crippen MR) is 100 cm³/mol. The number of nitrogens with one attached hydrogen (secondary N) is 1. The summed E-state index contributed by atoms with van der Waals surface area (Å²) in [6.45, 7) is 1.38. The maximum absolute atomic E-state index is 13.4. The monoisotopic (exact) mass is 386 g/mol. The normalized spacial score (nSPS) is 16.6. The van der Waals surface area contributed by atoms with E-state index in [9.17, 15) is 18.4 Å². The molecular weight excluding hydrogens is 366 g/mol. The fourth-order valence-corrected chi connectivity index (χ4v) is 3.74. The van der Waals surface area contributed by atoms with E-state index in [0.29, 0.717) is 36.6 Å². The van der Waals surface area contributed by atoms with Crippen LogP contribution in [0.25, 0.3) is 0 Å². The highest BCUT2D eigenvalue weighted by atomic mass is 19.2. The number of nitrogens with zero attached hydrogens (tertiary/aromatic N) is 1. The van der Waals surface area contributed by atoms with E-state index in [4.69, 9.17) is 4.74 Å². The third-order valence-corrected chi connectivity index (χ3v) is 5.27. The molecule has 146 valence electrons. The van der Waals surface area contributed by atoms with E-state index in [1.165, 1.54) is 6.07 Å². The van der Waals surface area contributed by atoms with Crippen LogP contribution in [-0.2, 0) is 16.0 Å². The van der Waals surface area contributed by atoms with E-state index in [-0.39, 0.29) is 24.2 Å². The van der Waals surface area contributed by atoms with E-state index >= 15 is 0 Å². The molecule has 0 unspecified atom stereocenters. The molecule has 7 heteroatoms. The van der Waals surface area contributed by atoms with Crippen LogP contribution in [0, 0.1) is 17.6 Å². The maximum Gasteiger partial charge on any atom is 0.315 e. The van der Waals surface area contributed by atoms with Crippen LogP contribution >= 0.6 is 0 Å². The van der Waals surface area contributed by atoms with E-state index in [0.717, 1.165) is 24.5 Å². The van der Waals surface area contributed by atoms with Gasteiger partial charge in [-0.2, -0.15) is 0 Å². The quantitative estimate of drug-likeness (QED) is 0.643. The molecular formula is C21H20F2N2O3. The Morgan fingerprint density at radius 3 is 2.64 bits per heavy atom. The smallest absolute Gasteiger partial charge is 0.315 e. The number of anilines is 2. The molecule has 0 aliphatic carbocycles. The van der Waals surface area contributed by atoms with E-state index in [1.807, 2.05) is 4.90 Å². The van der Waals surface area contributed by atoms with Crippen LogP contribution in [0.2, 0.25) is 0 Å². The molecule has 2 aliphatic heterocycles. The number of fused-ring (bicyclic) bond motifs is 1. The number of esters is 1. The summed E-state index contributed by atoms with van der Waals surface area (Å²) in [6.07, 6.45) is 2.25. The molecule has 0 atom stereocenters. The molecule has 0 spiro atoms. The lowest BCUT2D eigenvalue weighted by molar-refractivity contribution is -0.131. The van der Waals surface area contributed by atoms with Crippen molar-refractivity contribution in [2.75, 3.05) is 23.3 Å². The molecule has 28 heavy (non-hydrogen) atoms. The molecule has 0 radical (unpaired) electrons. The van der Waals surface area contributed by atoms with E-state index in [1.54, 1.807) is 24.3 Å². The van der Waals surface area contributed by atoms with Gasteiger partial charge in [0.1, 0.15) is 5.75 Å². The van der Waals surface area contributed by atoms with E-state index < -0.39 is 11.6 Å². The maximum atomic E-state index is 13.4. The first-order chi connectivity index (χ1) is 13.5. The van der Waals surface area contributed by atoms with Crippen LogP contribution in [0.1, 0.15) is 24.8 Å². The van der Waals surface area contributed by atoms with Crippen LogP contribution in [-0.4, -0.2) is 25.0 Å². The molecule has 2 heterocycles. The van der Waals surface area contributed by atoms with Crippen molar-refractivity contribution >= 4 is 23.3 Å². The number of piperidine rings is 1. The number of halogens is 2. The second kappa shape index (κ2) is 7.58. The summed E-state index contributed by atoms with van der Waals surface area (Å²) in [6, 6.07) is 9.15. The van der Waals surface area contributed by atoms with Crippen molar-refractivity contribution in [1.82, 2.24) is 0 Å². The van der Waals surface area contributed by atoms with Gasteiger partial charge in [0.15, 0.2) is 11.6 Å². The fraction of sp³-hybridized carbons (Fsp3) is 0.333. The van der Waals surface area contributed by atoms with Gasteiger partial charge in [-0.15, -0.1) is 0 Å². The molecule has 4 rings (SSSR count). The van der Waals surface area contributed by atoms with Crippen molar-refractivity contribution in [3.63, 3.8) is 0 Å². The van der Waals surface area contributed by atoms with Gasteiger partial charge in [0.05, 0.1) is 6.42 Å². The molecule has 1 amide bonds. The van der Waals surface area contributed by atoms with Crippen molar-refractivity contribution in [2.45, 2.75) is 25.7 Å². The minimum atomic E-state index is -0.850. The van der Waals surface area contributed by atoms with Gasteiger partial charge in [-0.1, -0.05) is 6.07 Å². The Balaban J connectivity index is 1.29. The van der Waals surface area contributed by atoms with Crippen molar-refractivity contribution in [2.24, 2.45) is 5.92 Å². The number of hydrogen-bond acceptors (Lipinski definition) is 4. The zero-order valence-electron chi connectivity index (χ0n) is 15.2. The first-order valence-electron chi connectivity index (χ1n) is 9.31. The van der Waals surface area contributed by atoms with Gasteiger partial charge in [0.25, 0.3) is 0 Å². The minimum absolute atomic E-state index is 0.0875. The SMILES string of the molecule is O=C(CC1CCN(c2ccc(F)c(F)c2)CC1)Nc1ccc2c(c1)OC(=O)C2. The van der Waals surface area contributed by atoms with Gasteiger partial charge in [-0.25, -0.2) is 8.78 Å². The van der Waals surface area contributed by atoms with Gasteiger partial charge < -0.3 is 15.0 Å². The Kier molecular flexibility index (Phi) is 4.98. The van der Waals surface area contributed by atoms with Crippen molar-refractivity contribution in [3.05, 3.63) is 53.6 Å². The molecule has 0 aromatic heterocycles. The molecule has 1 N–H and O–H groups in total. The van der Waals surface area contributed by atoms with Crippen LogP contribution in [0.4, 0.5) is 20.2 Å². The summed E-state index contributed by atoms with van der Waals surface area (Å²) in [7, 11) is 0. The van der Waals surface area contributed by atoms with Gasteiger partial charge in [0, 0.05) is 48.6 Å². The Morgan fingerprint density at radius 1 is 1.11 bits per heavy atom. The number of rotatable bonds is 4. The number of hydrogen-bond donors (Lipinski definition) is 1. The highest BCUT2D eigenvalue weighted by molar-refractivity contribution is 5.92. The molecule has 1 saturated heterocycles. The third kappa shape index (κ3) is 3.98. The van der Waals surface area contributed by atoms with Gasteiger partial charge in [-0.05, 0) is 37.0 Å². The summed E-state index contributed by atoms with van der Waals surface area (Å²) in [5.41, 5.74) is 2.10. The summed E-state index contributed by atoms with van der Waals surface area (Å²) < 4.78 is 31.6. The zero-order valence-corrected chi connectivity index (χ0v) is 15.2. The average molecular weight is 386 g/mol. The van der Waals surface area contributed by atoms with E-state index in [2.05, 4.69) is 5.32 Å². The zero-order chi connectivity index (χ0) is 19.7. The van der Waals surface area contributed by atoms with Crippen molar-refractivity contribution < 1.29 is 23.1 Å². The average Bonchev–Trinajstić information content (AvgIpc) is 3.04. The van der Waals surface area contributed by atoms with Crippen LogP contribution in [0.5, 0.6) is 5.75 Å². The molecule has 2 aromatic carbocycles. The number of benzene rings is 2. The molecule has 1 fully saturated rings. The minimum Gasteiger partial charge on any atom is -0.426 e. The Morgan fingerprint density at radius 2 is 1.89 bits per heavy atom. The van der Waals surface area contributed by atoms with Gasteiger partial charge in [0.2, 0.25) is 5.91 Å². The van der Waals surface area contributed by atoms with Crippen LogP contribution < -0.4 is 15.0 Å². The number of amides is 1. The number of ether oxygens (including phenoxy) is 1. The lowest BCUT2D eigenvalue weighted by Gasteiger charge is -2.33.